The second-order valence-electron chi connectivity index (χ2n) is 4.71. The number of nitrogens with two attached hydrogens (primary N) is 1. The third kappa shape index (κ3) is 1.71. The van der Waals surface area contributed by atoms with E-state index >= 15 is 0 Å². The molecule has 3 aromatic rings. The van der Waals surface area contributed by atoms with E-state index in [0.717, 1.165) is 21.7 Å². The number of hydrogen-bond acceptors (Lipinski definition) is 3. The van der Waals surface area contributed by atoms with Crippen LogP contribution in [0.4, 0.5) is 0 Å². The number of rotatable bonds is 2. The number of phenolic OH excluding ortho intramolecular Hbond substituents is 1. The van der Waals surface area contributed by atoms with Crippen molar-refractivity contribution in [3.63, 3.8) is 0 Å². The molecule has 0 aliphatic rings. The Morgan fingerprint density at radius 1 is 1.28 bits per heavy atom. The summed E-state index contributed by atoms with van der Waals surface area (Å²) in [6.07, 6.45) is 1.85. The van der Waals surface area contributed by atoms with Gasteiger partial charge in [-0.3, -0.25) is 4.68 Å². The summed E-state index contributed by atoms with van der Waals surface area (Å²) in [4.78, 5) is 0. The summed E-state index contributed by atoms with van der Waals surface area (Å²) in [6.45, 7) is 2.65. The third-order valence-corrected chi connectivity index (χ3v) is 3.06. The van der Waals surface area contributed by atoms with Crippen LogP contribution in [0.15, 0.2) is 36.5 Å². The summed E-state index contributed by atoms with van der Waals surface area (Å²) in [5, 5.41) is 17.1. The lowest BCUT2D eigenvalue weighted by Crippen LogP contribution is -2.22. The van der Waals surface area contributed by atoms with Gasteiger partial charge in [-0.25, -0.2) is 0 Å². The molecule has 4 nitrogen and oxygen atoms in total. The van der Waals surface area contributed by atoms with Gasteiger partial charge in [-0.15, -0.1) is 0 Å². The molecule has 18 heavy (non-hydrogen) atoms. The first-order valence-corrected chi connectivity index (χ1v) is 5.98. The Balaban J connectivity index is 2.33. The van der Waals surface area contributed by atoms with Gasteiger partial charge in [-0.2, -0.15) is 5.10 Å². The molecule has 0 fully saturated rings. The molecule has 1 atom stereocenters. The van der Waals surface area contributed by atoms with Crippen molar-refractivity contribution in [3.8, 4) is 5.75 Å². The lowest BCUT2D eigenvalue weighted by molar-refractivity contribution is 0.476. The molecular formula is C14H15N3O. The predicted molar refractivity (Wildman–Crippen MR) is 72.6 cm³/mol. The summed E-state index contributed by atoms with van der Waals surface area (Å²) in [6, 6.07) is 9.45. The Hall–Kier alpha value is -2.07. The van der Waals surface area contributed by atoms with E-state index in [-0.39, 0.29) is 11.8 Å². The number of hydrogen-bond donors (Lipinski definition) is 2. The molecule has 3 rings (SSSR count). The standard InChI is InChI=1S/C14H15N3O/c1-9(15)8-17-14-11(7-16-17)3-2-10-6-12(18)4-5-13(10)14/h2-7,9,18H,8,15H2,1H3. The van der Waals surface area contributed by atoms with Crippen LogP contribution in [0.1, 0.15) is 6.92 Å². The van der Waals surface area contributed by atoms with Crippen LogP contribution in [0, 0.1) is 0 Å². The third-order valence-electron chi connectivity index (χ3n) is 3.06. The van der Waals surface area contributed by atoms with Crippen LogP contribution in [0.3, 0.4) is 0 Å². The molecule has 0 saturated heterocycles. The van der Waals surface area contributed by atoms with Gasteiger partial charge in [0.15, 0.2) is 0 Å². The zero-order valence-corrected chi connectivity index (χ0v) is 10.2. The number of nitrogens with zero attached hydrogens (tertiary/aromatic N) is 2. The molecule has 4 heteroatoms. The van der Waals surface area contributed by atoms with E-state index in [0.29, 0.717) is 6.54 Å². The lowest BCUT2D eigenvalue weighted by atomic mass is 10.1. The zero-order valence-electron chi connectivity index (χ0n) is 10.2. The maximum absolute atomic E-state index is 9.53. The molecule has 0 amide bonds. The Kier molecular flexibility index (Phi) is 2.45. The number of aromatic nitrogens is 2. The normalized spacial score (nSPS) is 13.2. The van der Waals surface area contributed by atoms with Gasteiger partial charge in [0.1, 0.15) is 5.75 Å². The Bertz CT molecular complexity index is 715. The van der Waals surface area contributed by atoms with Gasteiger partial charge in [0.25, 0.3) is 0 Å². The van der Waals surface area contributed by atoms with Crippen LogP contribution in [0.2, 0.25) is 0 Å². The van der Waals surface area contributed by atoms with Gasteiger partial charge in [0, 0.05) is 16.8 Å². The van der Waals surface area contributed by atoms with Gasteiger partial charge in [0.2, 0.25) is 0 Å². The van der Waals surface area contributed by atoms with E-state index in [9.17, 15) is 5.11 Å². The average molecular weight is 241 g/mol. The number of fused-ring (bicyclic) bond motifs is 3. The molecular weight excluding hydrogens is 226 g/mol. The monoisotopic (exact) mass is 241 g/mol. The highest BCUT2D eigenvalue weighted by molar-refractivity contribution is 6.05. The number of phenols is 1. The van der Waals surface area contributed by atoms with Gasteiger partial charge < -0.3 is 10.8 Å². The van der Waals surface area contributed by atoms with Gasteiger partial charge in [-0.05, 0) is 30.5 Å². The summed E-state index contributed by atoms with van der Waals surface area (Å²) in [7, 11) is 0. The molecule has 0 aliphatic carbocycles. The van der Waals surface area contributed by atoms with Crippen molar-refractivity contribution < 1.29 is 5.11 Å². The Morgan fingerprint density at radius 2 is 2.06 bits per heavy atom. The van der Waals surface area contributed by atoms with Crippen molar-refractivity contribution in [2.75, 3.05) is 0 Å². The molecule has 92 valence electrons. The SMILES string of the molecule is CC(N)Cn1ncc2ccc3cc(O)ccc3c21. The average Bonchev–Trinajstić information content (AvgIpc) is 2.71. The fraction of sp³-hybridized carbons (Fsp3) is 0.214. The van der Waals surface area contributed by atoms with E-state index in [2.05, 4.69) is 5.10 Å². The second-order valence-corrected chi connectivity index (χ2v) is 4.71. The molecule has 1 aromatic heterocycles. The Labute approximate surface area is 105 Å². The van der Waals surface area contributed by atoms with Crippen molar-refractivity contribution in [2.24, 2.45) is 5.73 Å². The van der Waals surface area contributed by atoms with Crippen molar-refractivity contribution in [3.05, 3.63) is 36.5 Å². The van der Waals surface area contributed by atoms with Crippen LogP contribution in [-0.2, 0) is 6.54 Å². The highest BCUT2D eigenvalue weighted by atomic mass is 16.3. The van der Waals surface area contributed by atoms with E-state index in [4.69, 9.17) is 5.73 Å². The maximum atomic E-state index is 9.53. The fourth-order valence-corrected chi connectivity index (χ4v) is 2.31. The minimum absolute atomic E-state index is 0.0560. The van der Waals surface area contributed by atoms with Crippen molar-refractivity contribution in [2.45, 2.75) is 19.5 Å². The highest BCUT2D eigenvalue weighted by Crippen LogP contribution is 2.27. The zero-order chi connectivity index (χ0) is 12.7. The summed E-state index contributed by atoms with van der Waals surface area (Å²) in [5.74, 6) is 0.278. The molecule has 1 unspecified atom stereocenters. The van der Waals surface area contributed by atoms with E-state index in [1.54, 1.807) is 12.1 Å². The van der Waals surface area contributed by atoms with Crippen LogP contribution in [0.25, 0.3) is 21.7 Å². The molecule has 1 heterocycles. The minimum Gasteiger partial charge on any atom is -0.508 e. The van der Waals surface area contributed by atoms with Crippen molar-refractivity contribution in [1.29, 1.82) is 0 Å². The molecule has 3 N–H and O–H groups in total. The van der Waals surface area contributed by atoms with Gasteiger partial charge in [-0.1, -0.05) is 12.1 Å². The molecule has 0 aliphatic heterocycles. The van der Waals surface area contributed by atoms with E-state index < -0.39 is 0 Å². The van der Waals surface area contributed by atoms with Crippen LogP contribution >= 0.6 is 0 Å². The van der Waals surface area contributed by atoms with Crippen LogP contribution < -0.4 is 5.73 Å². The predicted octanol–water partition coefficient (Wildman–Crippen LogP) is 2.24. The first kappa shape index (κ1) is 11.0. The van der Waals surface area contributed by atoms with Crippen molar-refractivity contribution in [1.82, 2.24) is 9.78 Å². The first-order chi connectivity index (χ1) is 8.65. The number of benzene rings is 2. The molecule has 2 aromatic carbocycles. The number of aromatic hydroxyl groups is 1. The minimum atomic E-state index is 0.0560. The highest BCUT2D eigenvalue weighted by Gasteiger charge is 2.08. The second kappa shape index (κ2) is 3.99. The molecule has 0 radical (unpaired) electrons. The summed E-state index contributed by atoms with van der Waals surface area (Å²) < 4.78 is 1.93. The Morgan fingerprint density at radius 3 is 2.83 bits per heavy atom. The topological polar surface area (TPSA) is 64.1 Å². The molecule has 0 bridgehead atoms. The first-order valence-electron chi connectivity index (χ1n) is 5.98. The molecule has 0 spiro atoms. The fourth-order valence-electron chi connectivity index (χ4n) is 2.31. The smallest absolute Gasteiger partial charge is 0.116 e. The largest absolute Gasteiger partial charge is 0.508 e. The maximum Gasteiger partial charge on any atom is 0.116 e. The molecule has 0 saturated carbocycles. The summed E-state index contributed by atoms with van der Waals surface area (Å²) in [5.41, 5.74) is 6.92. The summed E-state index contributed by atoms with van der Waals surface area (Å²) >= 11 is 0. The van der Waals surface area contributed by atoms with E-state index in [1.165, 1.54) is 0 Å². The van der Waals surface area contributed by atoms with Gasteiger partial charge in [0.05, 0.1) is 18.3 Å². The van der Waals surface area contributed by atoms with Gasteiger partial charge >= 0.3 is 0 Å². The quantitative estimate of drug-likeness (QED) is 0.723. The van der Waals surface area contributed by atoms with E-state index in [1.807, 2.05) is 36.0 Å². The van der Waals surface area contributed by atoms with Crippen LogP contribution in [0.5, 0.6) is 5.75 Å². The van der Waals surface area contributed by atoms with Crippen LogP contribution in [-0.4, -0.2) is 20.9 Å². The van der Waals surface area contributed by atoms with Crippen molar-refractivity contribution >= 4 is 21.7 Å². The lowest BCUT2D eigenvalue weighted by Gasteiger charge is -2.08.